The van der Waals surface area contributed by atoms with Crippen molar-refractivity contribution in [3.8, 4) is 0 Å². The molecule has 0 aromatic rings. The Kier molecular flexibility index (Phi) is 30.5. The number of nitrogens with zero attached hydrogens (tertiary/aromatic N) is 1. The smallest absolute Gasteiger partial charge is 0.0884 e. The van der Waals surface area contributed by atoms with Crippen molar-refractivity contribution in [2.24, 2.45) is 0 Å². The third kappa shape index (κ3) is 30.1. The Balaban J connectivity index is 3.63. The Morgan fingerprint density at radius 3 is 1.07 bits per heavy atom. The molecule has 0 rings (SSSR count). The van der Waals surface area contributed by atoms with Crippen LogP contribution in [0.25, 0.3) is 0 Å². The molecule has 0 radical (unpaired) electrons. The minimum absolute atomic E-state index is 0.842. The van der Waals surface area contributed by atoms with Crippen molar-refractivity contribution < 1.29 is 4.48 Å². The van der Waals surface area contributed by atoms with E-state index in [2.05, 4.69) is 71.4 Å². The molecule has 1 heteroatoms. The fraction of sp³-hybridized carbons (Fsp3) is 0.846. The van der Waals surface area contributed by atoms with E-state index in [4.69, 9.17) is 0 Å². The van der Waals surface area contributed by atoms with Gasteiger partial charge in [0.15, 0.2) is 0 Å². The van der Waals surface area contributed by atoms with Crippen LogP contribution in [-0.2, 0) is 0 Å². The molecular formula is C39H76N+. The Morgan fingerprint density at radius 1 is 0.375 bits per heavy atom. The third-order valence-electron chi connectivity index (χ3n) is 8.63. The summed E-state index contributed by atoms with van der Waals surface area (Å²) in [7, 11) is 7.24. The van der Waals surface area contributed by atoms with Crippen molar-refractivity contribution in [3.05, 3.63) is 36.5 Å². The van der Waals surface area contributed by atoms with Crippen LogP contribution in [0.4, 0.5) is 0 Å². The van der Waals surface area contributed by atoms with Gasteiger partial charge in [0.2, 0.25) is 0 Å². The molecule has 0 aromatic heterocycles. The number of hydrogen-bond acceptors (Lipinski definition) is 0. The van der Waals surface area contributed by atoms with Crippen molar-refractivity contribution in [1.29, 1.82) is 0 Å². The van der Waals surface area contributed by atoms with Gasteiger partial charge in [-0.25, -0.2) is 0 Å². The fourth-order valence-corrected chi connectivity index (χ4v) is 5.74. The molecule has 236 valence electrons. The second-order valence-electron chi connectivity index (χ2n) is 13.5. The molecule has 1 atom stereocenters. The number of rotatable bonds is 31. The van der Waals surface area contributed by atoms with Crippen LogP contribution in [0.15, 0.2) is 36.5 Å². The lowest BCUT2D eigenvalue weighted by Crippen LogP contribution is -2.45. The molecule has 0 spiro atoms. The maximum atomic E-state index is 2.45. The largest absolute Gasteiger partial charge is 0.328 e. The van der Waals surface area contributed by atoms with E-state index in [0.717, 1.165) is 16.9 Å². The Hall–Kier alpha value is -0.820. The lowest BCUT2D eigenvalue weighted by molar-refractivity contribution is -0.896. The van der Waals surface area contributed by atoms with E-state index in [-0.39, 0.29) is 0 Å². The average molecular weight is 559 g/mol. The first-order valence-electron chi connectivity index (χ1n) is 18.3. The van der Waals surface area contributed by atoms with Crippen LogP contribution >= 0.6 is 0 Å². The van der Waals surface area contributed by atoms with E-state index >= 15 is 0 Å². The van der Waals surface area contributed by atoms with Crippen LogP contribution in [0, 0.1) is 0 Å². The summed E-state index contributed by atoms with van der Waals surface area (Å²) >= 11 is 0. The second kappa shape index (κ2) is 31.1. The highest BCUT2D eigenvalue weighted by atomic mass is 15.3. The van der Waals surface area contributed by atoms with Crippen LogP contribution < -0.4 is 0 Å². The summed E-state index contributed by atoms with van der Waals surface area (Å²) in [6, 6.07) is 0.842. The van der Waals surface area contributed by atoms with Gasteiger partial charge in [-0.2, -0.15) is 0 Å². The molecule has 0 bridgehead atoms. The molecule has 0 fully saturated rings. The summed E-state index contributed by atoms with van der Waals surface area (Å²) in [6.45, 7) is 4.57. The van der Waals surface area contributed by atoms with E-state index in [1.165, 1.54) is 167 Å². The lowest BCUT2D eigenvalue weighted by atomic mass is 9.98. The SMILES string of the molecule is CCCCC/C=C\C/C=C\CCCCCCCC(CCCCCCCC/C=C\CCCCCCCC)[N+](C)(C)C. The van der Waals surface area contributed by atoms with Crippen LogP contribution in [-0.4, -0.2) is 31.7 Å². The zero-order chi connectivity index (χ0) is 29.4. The summed E-state index contributed by atoms with van der Waals surface area (Å²) in [5, 5.41) is 0. The zero-order valence-corrected chi connectivity index (χ0v) is 28.6. The van der Waals surface area contributed by atoms with Crippen LogP contribution in [0.1, 0.15) is 187 Å². The van der Waals surface area contributed by atoms with E-state index in [1.54, 1.807) is 0 Å². The molecule has 0 N–H and O–H groups in total. The van der Waals surface area contributed by atoms with E-state index in [1.807, 2.05) is 0 Å². The van der Waals surface area contributed by atoms with Gasteiger partial charge in [-0.3, -0.25) is 0 Å². The summed E-state index contributed by atoms with van der Waals surface area (Å²) in [5.74, 6) is 0. The van der Waals surface area contributed by atoms with Gasteiger partial charge in [0.1, 0.15) is 0 Å². The summed E-state index contributed by atoms with van der Waals surface area (Å²) in [5.41, 5.74) is 0. The molecule has 0 aliphatic rings. The van der Waals surface area contributed by atoms with E-state index < -0.39 is 0 Å². The first-order valence-corrected chi connectivity index (χ1v) is 18.3. The Morgan fingerprint density at radius 2 is 0.675 bits per heavy atom. The monoisotopic (exact) mass is 559 g/mol. The molecule has 0 aliphatic heterocycles. The third-order valence-corrected chi connectivity index (χ3v) is 8.63. The van der Waals surface area contributed by atoms with Crippen molar-refractivity contribution in [2.75, 3.05) is 21.1 Å². The van der Waals surface area contributed by atoms with E-state index in [0.29, 0.717) is 0 Å². The van der Waals surface area contributed by atoms with E-state index in [9.17, 15) is 0 Å². The summed E-state index contributed by atoms with van der Waals surface area (Å²) < 4.78 is 1.14. The van der Waals surface area contributed by atoms with Gasteiger partial charge >= 0.3 is 0 Å². The summed E-state index contributed by atoms with van der Waals surface area (Å²) in [4.78, 5) is 0. The first-order chi connectivity index (χ1) is 19.5. The van der Waals surface area contributed by atoms with Gasteiger partial charge in [-0.05, 0) is 83.5 Å². The Labute approximate surface area is 255 Å². The molecule has 0 aromatic carbocycles. The quantitative estimate of drug-likeness (QED) is 0.0451. The number of allylic oxidation sites excluding steroid dienone is 6. The second-order valence-corrected chi connectivity index (χ2v) is 13.5. The minimum atomic E-state index is 0.842. The highest BCUT2D eigenvalue weighted by Crippen LogP contribution is 2.20. The predicted molar refractivity (Wildman–Crippen MR) is 185 cm³/mol. The van der Waals surface area contributed by atoms with Crippen molar-refractivity contribution >= 4 is 0 Å². The number of unbranched alkanes of at least 4 members (excludes halogenated alkanes) is 20. The molecule has 0 amide bonds. The van der Waals surface area contributed by atoms with Gasteiger partial charge in [-0.1, -0.05) is 140 Å². The molecular weight excluding hydrogens is 482 g/mol. The lowest BCUT2D eigenvalue weighted by Gasteiger charge is -2.34. The highest BCUT2D eigenvalue weighted by molar-refractivity contribution is 4.92. The molecule has 0 heterocycles. The molecule has 0 saturated carbocycles. The highest BCUT2D eigenvalue weighted by Gasteiger charge is 2.22. The maximum absolute atomic E-state index is 2.45. The molecule has 1 unspecified atom stereocenters. The zero-order valence-electron chi connectivity index (χ0n) is 28.6. The average Bonchev–Trinajstić information content (AvgIpc) is 2.93. The van der Waals surface area contributed by atoms with Gasteiger partial charge in [0.25, 0.3) is 0 Å². The Bertz CT molecular complexity index is 564. The van der Waals surface area contributed by atoms with Gasteiger partial charge in [0, 0.05) is 0 Å². The van der Waals surface area contributed by atoms with Crippen molar-refractivity contribution in [1.82, 2.24) is 0 Å². The van der Waals surface area contributed by atoms with Gasteiger partial charge in [-0.15, -0.1) is 0 Å². The maximum Gasteiger partial charge on any atom is 0.0884 e. The standard InChI is InChI=1S/C39H76N/c1-6-8-10-12-14-16-18-20-22-24-26-28-30-32-34-36-38-39(40(3,4)5)37-35-33-31-29-27-25-23-21-19-17-15-13-11-9-7-2/h15,17,20-23,39H,6-14,16,18-19,24-38H2,1-5H3/q+1/b17-15-,22-20-,23-21-. The molecule has 0 saturated heterocycles. The van der Waals surface area contributed by atoms with Crippen LogP contribution in [0.3, 0.4) is 0 Å². The van der Waals surface area contributed by atoms with Gasteiger partial charge in [0.05, 0.1) is 27.2 Å². The molecule has 0 aliphatic carbocycles. The van der Waals surface area contributed by atoms with Crippen molar-refractivity contribution in [3.63, 3.8) is 0 Å². The van der Waals surface area contributed by atoms with Crippen molar-refractivity contribution in [2.45, 2.75) is 193 Å². The van der Waals surface area contributed by atoms with Crippen LogP contribution in [0.2, 0.25) is 0 Å². The topological polar surface area (TPSA) is 0 Å². The normalized spacial score (nSPS) is 13.4. The van der Waals surface area contributed by atoms with Crippen LogP contribution in [0.5, 0.6) is 0 Å². The van der Waals surface area contributed by atoms with Gasteiger partial charge < -0.3 is 4.48 Å². The first kappa shape index (κ1) is 39.2. The fourth-order valence-electron chi connectivity index (χ4n) is 5.74. The number of hydrogen-bond donors (Lipinski definition) is 0. The predicted octanol–water partition coefficient (Wildman–Crippen LogP) is 13.3. The minimum Gasteiger partial charge on any atom is -0.328 e. The molecule has 40 heavy (non-hydrogen) atoms. The number of quaternary nitrogens is 1. The molecule has 1 nitrogen and oxygen atoms in total. The summed E-state index contributed by atoms with van der Waals surface area (Å²) in [6.07, 6.45) is 51.5.